The van der Waals surface area contributed by atoms with Gasteiger partial charge < -0.3 is 9.16 Å². The minimum absolute atomic E-state index is 0.202. The third-order valence-corrected chi connectivity index (χ3v) is 11.7. The molecule has 1 heterocycles. The monoisotopic (exact) mass is 453 g/mol. The van der Waals surface area contributed by atoms with Crippen molar-refractivity contribution in [2.24, 2.45) is 5.92 Å². The Kier molecular flexibility index (Phi) is 7.94. The lowest BCUT2D eigenvalue weighted by Gasteiger charge is -2.43. The Labute approximate surface area is 194 Å². The fraction of sp³-hybridized carbons (Fsp3) is 0.556. The molecule has 0 N–H and O–H groups in total. The molecule has 0 spiro atoms. The van der Waals surface area contributed by atoms with Crippen LogP contribution >= 0.6 is 0 Å². The average Bonchev–Trinajstić information content (AvgIpc) is 2.72. The Morgan fingerprint density at radius 2 is 1.81 bits per heavy atom. The van der Waals surface area contributed by atoms with Crippen molar-refractivity contribution < 1.29 is 14.0 Å². The summed E-state index contributed by atoms with van der Waals surface area (Å²) in [5, 5.41) is 0.202. The van der Waals surface area contributed by atoms with Crippen LogP contribution in [0.4, 0.5) is 0 Å². The molecule has 0 unspecified atom stereocenters. The maximum absolute atomic E-state index is 12.6. The van der Waals surface area contributed by atoms with Crippen LogP contribution in [0.5, 0.6) is 0 Å². The molecule has 0 aliphatic heterocycles. The number of nitrogens with zero attached hydrogens (tertiary/aromatic N) is 1. The fourth-order valence-electron chi connectivity index (χ4n) is 4.41. The molecule has 32 heavy (non-hydrogen) atoms. The highest BCUT2D eigenvalue weighted by atomic mass is 28.4. The molecule has 3 atom stereocenters. The van der Waals surface area contributed by atoms with Crippen molar-refractivity contribution in [1.82, 2.24) is 4.98 Å². The molecule has 1 fully saturated rings. The number of pyridine rings is 1. The zero-order valence-corrected chi connectivity index (χ0v) is 21.6. The second-order valence-corrected chi connectivity index (χ2v) is 15.7. The van der Waals surface area contributed by atoms with Crippen LogP contribution in [0, 0.1) is 5.92 Å². The van der Waals surface area contributed by atoms with Gasteiger partial charge in [0.2, 0.25) is 0 Å². The Morgan fingerprint density at radius 3 is 2.50 bits per heavy atom. The minimum atomic E-state index is -1.82. The summed E-state index contributed by atoms with van der Waals surface area (Å²) >= 11 is 0. The van der Waals surface area contributed by atoms with Crippen LogP contribution in [-0.2, 0) is 27.0 Å². The first-order valence-corrected chi connectivity index (χ1v) is 14.8. The zero-order valence-electron chi connectivity index (χ0n) is 20.6. The standard InChI is InChI=1S/C27H39NO3Si/c1-20-14-22(16-24(15-20)31-32(5,6)27(2,3)4)25-12-13-28-18-23(25)17-26(29)30-19-21-10-8-7-9-11-21/h7-13,18,20,22,24H,14-17,19H2,1-6H3/t20-,22+,24-/m0/s1. The van der Waals surface area contributed by atoms with Gasteiger partial charge in [-0.1, -0.05) is 58.0 Å². The van der Waals surface area contributed by atoms with E-state index in [9.17, 15) is 4.79 Å². The van der Waals surface area contributed by atoms with E-state index in [2.05, 4.69) is 51.8 Å². The van der Waals surface area contributed by atoms with E-state index in [4.69, 9.17) is 9.16 Å². The molecular formula is C27H39NO3Si. The predicted octanol–water partition coefficient (Wildman–Crippen LogP) is 6.66. The maximum atomic E-state index is 12.6. The summed E-state index contributed by atoms with van der Waals surface area (Å²) in [5.74, 6) is 0.768. The van der Waals surface area contributed by atoms with E-state index < -0.39 is 8.32 Å². The molecule has 3 rings (SSSR count). The van der Waals surface area contributed by atoms with Crippen molar-refractivity contribution in [1.29, 1.82) is 0 Å². The van der Waals surface area contributed by atoms with Crippen LogP contribution in [0.1, 0.15) is 69.6 Å². The third-order valence-electron chi connectivity index (χ3n) is 7.13. The molecular weight excluding hydrogens is 414 g/mol. The Hall–Kier alpha value is -1.98. The van der Waals surface area contributed by atoms with Crippen molar-refractivity contribution in [3.8, 4) is 0 Å². The molecule has 1 aliphatic rings. The number of ether oxygens (including phenoxy) is 1. The van der Waals surface area contributed by atoms with Crippen molar-refractivity contribution in [3.63, 3.8) is 0 Å². The molecule has 4 nitrogen and oxygen atoms in total. The lowest BCUT2D eigenvalue weighted by Crippen LogP contribution is -2.45. The highest BCUT2D eigenvalue weighted by Crippen LogP contribution is 2.43. The molecule has 5 heteroatoms. The number of esters is 1. The fourth-order valence-corrected chi connectivity index (χ4v) is 5.79. The number of hydrogen-bond donors (Lipinski definition) is 0. The Balaban J connectivity index is 1.68. The van der Waals surface area contributed by atoms with Crippen molar-refractivity contribution in [2.45, 2.75) is 90.1 Å². The van der Waals surface area contributed by atoms with Gasteiger partial charge in [0.05, 0.1) is 6.42 Å². The first kappa shape index (κ1) is 24.7. The highest BCUT2D eigenvalue weighted by molar-refractivity contribution is 6.74. The van der Waals surface area contributed by atoms with Crippen LogP contribution in [0.2, 0.25) is 18.1 Å². The summed E-state index contributed by atoms with van der Waals surface area (Å²) < 4.78 is 12.3. The van der Waals surface area contributed by atoms with Crippen LogP contribution < -0.4 is 0 Å². The van der Waals surface area contributed by atoms with Crippen LogP contribution in [0.15, 0.2) is 48.8 Å². The first-order valence-electron chi connectivity index (χ1n) is 11.9. The van der Waals surface area contributed by atoms with E-state index in [1.807, 2.05) is 42.7 Å². The maximum Gasteiger partial charge on any atom is 0.310 e. The van der Waals surface area contributed by atoms with E-state index >= 15 is 0 Å². The van der Waals surface area contributed by atoms with Gasteiger partial charge in [0.25, 0.3) is 0 Å². The molecule has 0 saturated heterocycles. The quantitative estimate of drug-likeness (QED) is 0.347. The Bertz CT molecular complexity index is 891. The lowest BCUT2D eigenvalue weighted by atomic mass is 9.76. The van der Waals surface area contributed by atoms with Crippen molar-refractivity contribution >= 4 is 14.3 Å². The van der Waals surface area contributed by atoms with Gasteiger partial charge in [-0.3, -0.25) is 9.78 Å². The number of carbonyl (C=O) groups excluding carboxylic acids is 1. The summed E-state index contributed by atoms with van der Waals surface area (Å²) in [6, 6.07) is 11.9. The van der Waals surface area contributed by atoms with Crippen molar-refractivity contribution in [3.05, 3.63) is 65.5 Å². The smallest absolute Gasteiger partial charge is 0.310 e. The van der Waals surface area contributed by atoms with Gasteiger partial charge in [0.15, 0.2) is 8.32 Å². The number of carbonyl (C=O) groups is 1. The SMILES string of the molecule is C[C@@H]1C[C@H](O[Si](C)(C)C(C)(C)C)C[C@H](c2ccncc2CC(=O)OCc2ccccc2)C1. The van der Waals surface area contributed by atoms with Crippen LogP contribution in [0.3, 0.4) is 0 Å². The van der Waals surface area contributed by atoms with E-state index in [1.54, 1.807) is 0 Å². The molecule has 1 saturated carbocycles. The van der Waals surface area contributed by atoms with Gasteiger partial charge in [-0.15, -0.1) is 0 Å². The number of benzene rings is 1. The van der Waals surface area contributed by atoms with E-state index in [1.165, 1.54) is 5.56 Å². The second-order valence-electron chi connectivity index (χ2n) is 10.9. The van der Waals surface area contributed by atoms with Gasteiger partial charge in [0, 0.05) is 18.5 Å². The second kappa shape index (κ2) is 10.3. The van der Waals surface area contributed by atoms with E-state index in [0.717, 1.165) is 30.4 Å². The molecule has 174 valence electrons. The van der Waals surface area contributed by atoms with Gasteiger partial charge >= 0.3 is 5.97 Å². The number of hydrogen-bond acceptors (Lipinski definition) is 4. The number of aromatic nitrogens is 1. The van der Waals surface area contributed by atoms with E-state index in [-0.39, 0.29) is 23.5 Å². The van der Waals surface area contributed by atoms with Gasteiger partial charge in [0.1, 0.15) is 6.61 Å². The zero-order chi connectivity index (χ0) is 23.4. The summed E-state index contributed by atoms with van der Waals surface area (Å²) in [4.78, 5) is 16.9. The normalized spacial score (nSPS) is 21.9. The first-order chi connectivity index (χ1) is 15.0. The molecule has 2 aromatic rings. The third kappa shape index (κ3) is 6.52. The molecule has 0 radical (unpaired) electrons. The highest BCUT2D eigenvalue weighted by Gasteiger charge is 2.41. The lowest BCUT2D eigenvalue weighted by molar-refractivity contribution is -0.144. The molecule has 1 aliphatic carbocycles. The topological polar surface area (TPSA) is 48.4 Å². The summed E-state index contributed by atoms with van der Waals surface area (Å²) in [6.07, 6.45) is 7.45. The average molecular weight is 454 g/mol. The Morgan fingerprint density at radius 1 is 1.09 bits per heavy atom. The van der Waals surface area contributed by atoms with Gasteiger partial charge in [-0.05, 0) is 72.0 Å². The van der Waals surface area contributed by atoms with Crippen LogP contribution in [0.25, 0.3) is 0 Å². The van der Waals surface area contributed by atoms with Gasteiger partial charge in [-0.25, -0.2) is 0 Å². The summed E-state index contributed by atoms with van der Waals surface area (Å²) in [5.41, 5.74) is 3.21. The molecule has 1 aromatic carbocycles. The summed E-state index contributed by atoms with van der Waals surface area (Å²) in [6.45, 7) is 14.2. The molecule has 1 aromatic heterocycles. The number of rotatable bonds is 7. The largest absolute Gasteiger partial charge is 0.461 e. The minimum Gasteiger partial charge on any atom is -0.461 e. The summed E-state index contributed by atoms with van der Waals surface area (Å²) in [7, 11) is -1.82. The van der Waals surface area contributed by atoms with Crippen molar-refractivity contribution in [2.75, 3.05) is 0 Å². The van der Waals surface area contributed by atoms with E-state index in [0.29, 0.717) is 18.4 Å². The van der Waals surface area contributed by atoms with Crippen LogP contribution in [-0.4, -0.2) is 25.4 Å². The van der Waals surface area contributed by atoms with Gasteiger partial charge in [-0.2, -0.15) is 0 Å². The molecule has 0 amide bonds. The predicted molar refractivity (Wildman–Crippen MR) is 132 cm³/mol. The molecule has 0 bridgehead atoms.